The number of rotatable bonds is 6. The maximum absolute atomic E-state index is 11.8. The molecule has 8 nitrogen and oxygen atoms in total. The number of ether oxygens (including phenoxy) is 1. The van der Waals surface area contributed by atoms with Crippen LogP contribution in [-0.2, 0) is 14.3 Å². The van der Waals surface area contributed by atoms with Gasteiger partial charge in [0.25, 0.3) is 0 Å². The van der Waals surface area contributed by atoms with Crippen LogP contribution in [0.3, 0.4) is 0 Å². The quantitative estimate of drug-likeness (QED) is 0.621. The number of morpholine rings is 1. The molecule has 120 valence electrons. The van der Waals surface area contributed by atoms with Crippen LogP contribution in [0.5, 0.6) is 0 Å². The molecule has 1 aliphatic rings. The summed E-state index contributed by atoms with van der Waals surface area (Å²) < 4.78 is 5.15. The van der Waals surface area contributed by atoms with Crippen molar-refractivity contribution in [2.75, 3.05) is 39.4 Å². The molecule has 0 aromatic rings. The van der Waals surface area contributed by atoms with Crippen LogP contribution in [0.15, 0.2) is 0 Å². The molecule has 3 N–H and O–H groups in total. The van der Waals surface area contributed by atoms with E-state index < -0.39 is 17.4 Å². The first-order valence-electron chi connectivity index (χ1n) is 6.93. The number of carbonyl (C=O) groups excluding carboxylic acids is 2. The molecule has 1 saturated heterocycles. The lowest BCUT2D eigenvalue weighted by Crippen LogP contribution is -2.45. The van der Waals surface area contributed by atoms with Crippen molar-refractivity contribution in [2.24, 2.45) is 5.41 Å². The van der Waals surface area contributed by atoms with Crippen molar-refractivity contribution in [3.8, 4) is 0 Å². The van der Waals surface area contributed by atoms with E-state index in [4.69, 9.17) is 9.84 Å². The number of carboxylic acid groups (broad SMARTS) is 1. The van der Waals surface area contributed by atoms with Gasteiger partial charge in [0.05, 0.1) is 18.6 Å². The first-order chi connectivity index (χ1) is 9.83. The zero-order valence-electron chi connectivity index (χ0n) is 12.5. The second-order valence-electron chi connectivity index (χ2n) is 5.54. The Labute approximate surface area is 123 Å². The number of carboxylic acids is 1. The third kappa shape index (κ3) is 5.99. The number of amides is 3. The molecule has 3 amide bonds. The maximum Gasteiger partial charge on any atom is 0.314 e. The average molecular weight is 301 g/mol. The minimum atomic E-state index is -1.03. The molecule has 21 heavy (non-hydrogen) atoms. The fourth-order valence-electron chi connectivity index (χ4n) is 1.69. The molecule has 1 aliphatic heterocycles. The number of nitrogens with one attached hydrogen (secondary N) is 2. The highest BCUT2D eigenvalue weighted by Crippen LogP contribution is 2.12. The standard InChI is InChI=1S/C13H23N3O5/c1-13(2,11(18)19)9-15-12(20)14-4-3-10(17)16-5-7-21-8-6-16/h3-9H2,1-2H3,(H,18,19)(H2,14,15,20). The van der Waals surface area contributed by atoms with Crippen molar-refractivity contribution in [1.29, 1.82) is 0 Å². The molecule has 0 radical (unpaired) electrons. The molecule has 1 rings (SSSR count). The maximum atomic E-state index is 11.8. The van der Waals surface area contributed by atoms with Crippen LogP contribution in [0.4, 0.5) is 4.79 Å². The Bertz CT molecular complexity index is 391. The van der Waals surface area contributed by atoms with E-state index in [-0.39, 0.29) is 25.4 Å². The number of aliphatic carboxylic acids is 1. The highest BCUT2D eigenvalue weighted by Gasteiger charge is 2.27. The molecule has 0 spiro atoms. The van der Waals surface area contributed by atoms with Gasteiger partial charge in [0.15, 0.2) is 0 Å². The Morgan fingerprint density at radius 1 is 1.19 bits per heavy atom. The zero-order valence-corrected chi connectivity index (χ0v) is 12.5. The van der Waals surface area contributed by atoms with Crippen LogP contribution in [0.2, 0.25) is 0 Å². The van der Waals surface area contributed by atoms with E-state index in [9.17, 15) is 14.4 Å². The van der Waals surface area contributed by atoms with E-state index >= 15 is 0 Å². The SMILES string of the molecule is CC(C)(CNC(=O)NCCC(=O)N1CCOCC1)C(=O)O. The minimum absolute atomic E-state index is 0.0194. The average Bonchev–Trinajstić information content (AvgIpc) is 2.46. The van der Waals surface area contributed by atoms with Gasteiger partial charge < -0.3 is 25.4 Å². The van der Waals surface area contributed by atoms with Gasteiger partial charge in [-0.05, 0) is 13.8 Å². The summed E-state index contributed by atoms with van der Waals surface area (Å²) in [5.41, 5.74) is -1.03. The molecule has 0 aliphatic carbocycles. The van der Waals surface area contributed by atoms with E-state index in [0.29, 0.717) is 26.3 Å². The van der Waals surface area contributed by atoms with Gasteiger partial charge in [0.1, 0.15) is 0 Å². The number of hydrogen-bond acceptors (Lipinski definition) is 4. The molecule has 0 aromatic carbocycles. The lowest BCUT2D eigenvalue weighted by Gasteiger charge is -2.26. The minimum Gasteiger partial charge on any atom is -0.481 e. The molecule has 1 heterocycles. The number of nitrogens with zero attached hydrogens (tertiary/aromatic N) is 1. The van der Waals surface area contributed by atoms with Crippen LogP contribution in [0.1, 0.15) is 20.3 Å². The molecule has 0 saturated carbocycles. The molecule has 0 unspecified atom stereocenters. The van der Waals surface area contributed by atoms with Crippen molar-refractivity contribution < 1.29 is 24.2 Å². The topological polar surface area (TPSA) is 108 Å². The van der Waals surface area contributed by atoms with Crippen molar-refractivity contribution in [1.82, 2.24) is 15.5 Å². The molecular weight excluding hydrogens is 278 g/mol. The zero-order chi connectivity index (χ0) is 15.9. The second-order valence-corrected chi connectivity index (χ2v) is 5.54. The lowest BCUT2D eigenvalue weighted by atomic mass is 9.94. The second kappa shape index (κ2) is 7.82. The molecule has 1 fully saturated rings. The number of urea groups is 1. The highest BCUT2D eigenvalue weighted by molar-refractivity contribution is 5.79. The number of carbonyl (C=O) groups is 3. The third-order valence-corrected chi connectivity index (χ3v) is 3.26. The van der Waals surface area contributed by atoms with Gasteiger partial charge in [-0.3, -0.25) is 9.59 Å². The van der Waals surface area contributed by atoms with Gasteiger partial charge in [-0.25, -0.2) is 4.79 Å². The summed E-state index contributed by atoms with van der Waals surface area (Å²) in [5.74, 6) is -1.00. The van der Waals surface area contributed by atoms with Crippen LogP contribution in [0, 0.1) is 5.41 Å². The summed E-state index contributed by atoms with van der Waals surface area (Å²) in [6, 6.07) is -0.473. The molecular formula is C13H23N3O5. The van der Waals surface area contributed by atoms with Crippen LogP contribution in [0.25, 0.3) is 0 Å². The fourth-order valence-corrected chi connectivity index (χ4v) is 1.69. The molecule has 0 aromatic heterocycles. The summed E-state index contributed by atoms with van der Waals surface area (Å²) in [6.45, 7) is 5.54. The fraction of sp³-hybridized carbons (Fsp3) is 0.769. The van der Waals surface area contributed by atoms with E-state index in [1.165, 1.54) is 13.8 Å². The molecule has 8 heteroatoms. The Balaban J connectivity index is 2.18. The normalized spacial score (nSPS) is 15.4. The van der Waals surface area contributed by atoms with Crippen LogP contribution in [-0.4, -0.2) is 67.3 Å². The van der Waals surface area contributed by atoms with Gasteiger partial charge in [0.2, 0.25) is 5.91 Å². The van der Waals surface area contributed by atoms with Crippen molar-refractivity contribution in [3.63, 3.8) is 0 Å². The summed E-state index contributed by atoms with van der Waals surface area (Å²) >= 11 is 0. The molecule has 0 atom stereocenters. The largest absolute Gasteiger partial charge is 0.481 e. The molecule has 0 bridgehead atoms. The number of hydrogen-bond donors (Lipinski definition) is 3. The summed E-state index contributed by atoms with van der Waals surface area (Å²) in [5, 5.41) is 13.9. The van der Waals surface area contributed by atoms with Gasteiger partial charge in [-0.2, -0.15) is 0 Å². The van der Waals surface area contributed by atoms with E-state index in [1.54, 1.807) is 4.90 Å². The van der Waals surface area contributed by atoms with Gasteiger partial charge in [-0.1, -0.05) is 0 Å². The van der Waals surface area contributed by atoms with Crippen LogP contribution < -0.4 is 10.6 Å². The highest BCUT2D eigenvalue weighted by atomic mass is 16.5. The Kier molecular flexibility index (Phi) is 6.41. The van der Waals surface area contributed by atoms with Crippen LogP contribution >= 0.6 is 0 Å². The monoisotopic (exact) mass is 301 g/mol. The van der Waals surface area contributed by atoms with Crippen molar-refractivity contribution in [2.45, 2.75) is 20.3 Å². The first kappa shape index (κ1) is 17.2. The predicted molar refractivity (Wildman–Crippen MR) is 74.8 cm³/mol. The lowest BCUT2D eigenvalue weighted by molar-refractivity contribution is -0.146. The van der Waals surface area contributed by atoms with Crippen molar-refractivity contribution in [3.05, 3.63) is 0 Å². The Morgan fingerprint density at radius 2 is 1.81 bits per heavy atom. The van der Waals surface area contributed by atoms with Gasteiger partial charge >= 0.3 is 12.0 Å². The van der Waals surface area contributed by atoms with E-state index in [1.807, 2.05) is 0 Å². The van der Waals surface area contributed by atoms with E-state index in [0.717, 1.165) is 0 Å². The van der Waals surface area contributed by atoms with Crippen molar-refractivity contribution >= 4 is 17.9 Å². The van der Waals surface area contributed by atoms with Gasteiger partial charge in [0, 0.05) is 32.6 Å². The Hall–Kier alpha value is -1.83. The summed E-state index contributed by atoms with van der Waals surface area (Å²) in [6.07, 6.45) is 0.218. The summed E-state index contributed by atoms with van der Waals surface area (Å²) in [4.78, 5) is 35.9. The first-order valence-corrected chi connectivity index (χ1v) is 6.93. The van der Waals surface area contributed by atoms with Gasteiger partial charge in [-0.15, -0.1) is 0 Å². The summed E-state index contributed by atoms with van der Waals surface area (Å²) in [7, 11) is 0. The Morgan fingerprint density at radius 3 is 2.38 bits per heavy atom. The smallest absolute Gasteiger partial charge is 0.314 e. The van der Waals surface area contributed by atoms with E-state index in [2.05, 4.69) is 10.6 Å². The predicted octanol–water partition coefficient (Wildman–Crippen LogP) is -0.355. The third-order valence-electron chi connectivity index (χ3n) is 3.26.